The summed E-state index contributed by atoms with van der Waals surface area (Å²) in [5.41, 5.74) is 4.46. The normalized spacial score (nSPS) is 14.7. The second kappa shape index (κ2) is 14.9. The van der Waals surface area contributed by atoms with E-state index in [-0.39, 0.29) is 18.3 Å². The number of thioether (sulfide) groups is 2. The minimum absolute atomic E-state index is 0.304. The first-order chi connectivity index (χ1) is 22.1. The summed E-state index contributed by atoms with van der Waals surface area (Å²) in [6.07, 6.45) is 10.9. The van der Waals surface area contributed by atoms with Gasteiger partial charge in [-0.05, 0) is 93.5 Å². The van der Waals surface area contributed by atoms with E-state index in [2.05, 4.69) is 81.9 Å². The molecule has 46 heavy (non-hydrogen) atoms. The Hall–Kier alpha value is -3.61. The minimum Gasteiger partial charge on any atom is -0.399 e. The zero-order valence-electron chi connectivity index (χ0n) is 26.5. The Kier molecular flexibility index (Phi) is 10.9. The summed E-state index contributed by atoms with van der Waals surface area (Å²) < 4.78 is 12.1. The zero-order valence-corrected chi connectivity index (χ0v) is 28.9. The number of rotatable bonds is 4. The third-order valence-corrected chi connectivity index (χ3v) is 8.98. The Labute approximate surface area is 283 Å². The number of hydrogen-bond acceptors (Lipinski definition) is 10. The van der Waals surface area contributed by atoms with E-state index in [1.54, 1.807) is 42.6 Å². The van der Waals surface area contributed by atoms with Crippen molar-refractivity contribution in [3.05, 3.63) is 103 Å². The van der Waals surface area contributed by atoms with E-state index in [1.807, 2.05) is 55.0 Å². The topological polar surface area (TPSA) is 95.8 Å². The molecule has 6 aromatic rings. The Morgan fingerprint density at radius 2 is 1.20 bits per heavy atom. The van der Waals surface area contributed by atoms with Crippen LogP contribution in [0.15, 0.2) is 108 Å². The van der Waals surface area contributed by atoms with E-state index >= 15 is 0 Å². The third kappa shape index (κ3) is 8.21. The molecule has 5 heterocycles. The number of nitrogens with zero attached hydrogens (tertiary/aromatic N) is 6. The van der Waals surface area contributed by atoms with Crippen molar-refractivity contribution in [2.24, 2.45) is 0 Å². The van der Waals surface area contributed by atoms with Crippen LogP contribution >= 0.6 is 35.1 Å². The quantitative estimate of drug-likeness (QED) is 0.0801. The van der Waals surface area contributed by atoms with Gasteiger partial charge in [0.05, 0.1) is 27.9 Å². The molecule has 0 bridgehead atoms. The average Bonchev–Trinajstić information content (AvgIpc) is 3.30. The first kappa shape index (κ1) is 33.7. The summed E-state index contributed by atoms with van der Waals surface area (Å²) in [5.74, 6) is 0. The maximum absolute atomic E-state index is 6.06. The molecule has 4 aromatic heterocycles. The Bertz CT molecular complexity index is 1930. The number of benzene rings is 2. The summed E-state index contributed by atoms with van der Waals surface area (Å²) in [6.45, 7) is 8.26. The summed E-state index contributed by atoms with van der Waals surface area (Å²) in [5, 5.41) is 4.23. The molecule has 1 aliphatic heterocycles. The summed E-state index contributed by atoms with van der Waals surface area (Å²) in [4.78, 5) is 25.2. The SMILES string of the molecule is CC1(C)OB(c2ccc3ncccc3c2)OC1(C)C.CSc1nccc(-c2ccc3ncccc3c2)n1.CSc1nccc(Cl)n1. The number of halogens is 1. The second-order valence-corrected chi connectivity index (χ2v) is 13.2. The summed E-state index contributed by atoms with van der Waals surface area (Å²) >= 11 is 8.58. The zero-order chi connectivity index (χ0) is 32.7. The number of pyridine rings is 2. The minimum atomic E-state index is -0.311. The average molecular weight is 669 g/mol. The van der Waals surface area contributed by atoms with Gasteiger partial charge in [0.1, 0.15) is 5.15 Å². The van der Waals surface area contributed by atoms with Crippen LogP contribution in [0.1, 0.15) is 27.7 Å². The lowest BCUT2D eigenvalue weighted by atomic mass is 9.78. The molecule has 0 atom stereocenters. The van der Waals surface area contributed by atoms with Crippen molar-refractivity contribution in [1.29, 1.82) is 0 Å². The van der Waals surface area contributed by atoms with Crippen LogP contribution in [0.5, 0.6) is 0 Å². The highest BCUT2D eigenvalue weighted by Crippen LogP contribution is 2.36. The number of fused-ring (bicyclic) bond motifs is 2. The third-order valence-electron chi connectivity index (χ3n) is 7.65. The van der Waals surface area contributed by atoms with Crippen molar-refractivity contribution in [2.75, 3.05) is 12.5 Å². The lowest BCUT2D eigenvalue weighted by Crippen LogP contribution is -2.41. The molecule has 0 saturated carbocycles. The highest BCUT2D eigenvalue weighted by Gasteiger charge is 2.51. The maximum Gasteiger partial charge on any atom is 0.494 e. The molecule has 0 spiro atoms. The first-order valence-electron chi connectivity index (χ1n) is 14.5. The molecule has 0 amide bonds. The van der Waals surface area contributed by atoms with Crippen LogP contribution in [0.25, 0.3) is 33.1 Å². The van der Waals surface area contributed by atoms with Crippen LogP contribution in [0.4, 0.5) is 0 Å². The van der Waals surface area contributed by atoms with Crippen LogP contribution in [0.2, 0.25) is 5.15 Å². The first-order valence-corrected chi connectivity index (χ1v) is 17.4. The summed E-state index contributed by atoms with van der Waals surface area (Å²) in [6, 6.07) is 23.9. The molecule has 2 aromatic carbocycles. The van der Waals surface area contributed by atoms with Crippen LogP contribution in [-0.2, 0) is 9.31 Å². The Morgan fingerprint density at radius 3 is 1.78 bits per heavy atom. The van der Waals surface area contributed by atoms with Gasteiger partial charge in [-0.1, -0.05) is 65.5 Å². The van der Waals surface area contributed by atoms with E-state index in [1.165, 1.54) is 11.8 Å². The number of hydrogen-bond donors (Lipinski definition) is 0. The monoisotopic (exact) mass is 668 g/mol. The molecule has 0 radical (unpaired) electrons. The highest BCUT2D eigenvalue weighted by molar-refractivity contribution is 7.98. The van der Waals surface area contributed by atoms with Crippen molar-refractivity contribution in [3.8, 4) is 11.3 Å². The van der Waals surface area contributed by atoms with Crippen molar-refractivity contribution in [2.45, 2.75) is 49.2 Å². The van der Waals surface area contributed by atoms with Gasteiger partial charge in [0.2, 0.25) is 0 Å². The molecule has 1 saturated heterocycles. The molecule has 8 nitrogen and oxygen atoms in total. The molecule has 234 valence electrons. The molecule has 1 aliphatic rings. The standard InChI is InChI=1S/C15H18BNO2.C14H11N3S.C5H5ClN2S/c1-14(2)15(3,4)19-16(18-14)12-7-8-13-11(10-12)6-5-9-17-13;1-18-14-16-8-6-13(17-14)11-4-5-12-10(9-11)3-2-7-15-12;1-9-5-7-3-2-4(6)8-5/h5-10H,1-4H3;2-9H,1H3;2-3H,1H3. The van der Waals surface area contributed by atoms with Gasteiger partial charge < -0.3 is 9.31 Å². The predicted molar refractivity (Wildman–Crippen MR) is 191 cm³/mol. The van der Waals surface area contributed by atoms with Crippen molar-refractivity contribution < 1.29 is 9.31 Å². The molecule has 7 rings (SSSR count). The molecule has 1 fully saturated rings. The molecule has 0 aliphatic carbocycles. The van der Waals surface area contributed by atoms with Crippen molar-refractivity contribution >= 4 is 69.5 Å². The van der Waals surface area contributed by atoms with E-state index < -0.39 is 0 Å². The van der Waals surface area contributed by atoms with E-state index in [4.69, 9.17) is 20.9 Å². The highest BCUT2D eigenvalue weighted by atomic mass is 35.5. The van der Waals surface area contributed by atoms with Gasteiger partial charge >= 0.3 is 7.12 Å². The molecular weight excluding hydrogens is 635 g/mol. The summed E-state index contributed by atoms with van der Waals surface area (Å²) in [7, 11) is -0.311. The van der Waals surface area contributed by atoms with Crippen LogP contribution in [0.3, 0.4) is 0 Å². The van der Waals surface area contributed by atoms with Gasteiger partial charge in [0.15, 0.2) is 10.3 Å². The lowest BCUT2D eigenvalue weighted by molar-refractivity contribution is 0.00578. The second-order valence-electron chi connectivity index (χ2n) is 11.2. The van der Waals surface area contributed by atoms with Gasteiger partial charge in [-0.25, -0.2) is 19.9 Å². The van der Waals surface area contributed by atoms with Crippen molar-refractivity contribution in [1.82, 2.24) is 29.9 Å². The fourth-order valence-corrected chi connectivity index (χ4v) is 5.37. The molecule has 0 N–H and O–H groups in total. The van der Waals surface area contributed by atoms with Gasteiger partial charge in [0.25, 0.3) is 0 Å². The maximum atomic E-state index is 6.06. The fourth-order valence-electron chi connectivity index (χ4n) is 4.47. The van der Waals surface area contributed by atoms with Gasteiger partial charge in [-0.2, -0.15) is 0 Å². The molecular formula is C34H34BClN6O2S2. The number of aromatic nitrogens is 6. The van der Waals surface area contributed by atoms with Crippen LogP contribution in [0, 0.1) is 0 Å². The predicted octanol–water partition coefficient (Wildman–Crippen LogP) is 7.80. The fraction of sp³-hybridized carbons (Fsp3) is 0.235. The molecule has 0 unspecified atom stereocenters. The smallest absolute Gasteiger partial charge is 0.399 e. The Morgan fingerprint density at radius 1 is 0.630 bits per heavy atom. The van der Waals surface area contributed by atoms with Gasteiger partial charge in [0, 0.05) is 35.7 Å². The Balaban J connectivity index is 0.000000145. The van der Waals surface area contributed by atoms with E-state index in [0.717, 1.165) is 43.7 Å². The van der Waals surface area contributed by atoms with Crippen LogP contribution < -0.4 is 5.46 Å². The van der Waals surface area contributed by atoms with E-state index in [0.29, 0.717) is 10.3 Å². The van der Waals surface area contributed by atoms with Crippen LogP contribution in [-0.4, -0.2) is 60.7 Å². The lowest BCUT2D eigenvalue weighted by Gasteiger charge is -2.32. The van der Waals surface area contributed by atoms with E-state index in [9.17, 15) is 0 Å². The van der Waals surface area contributed by atoms with Crippen molar-refractivity contribution in [3.63, 3.8) is 0 Å². The molecule has 12 heteroatoms. The van der Waals surface area contributed by atoms with Gasteiger partial charge in [-0.15, -0.1) is 0 Å². The largest absolute Gasteiger partial charge is 0.494 e. The van der Waals surface area contributed by atoms with Gasteiger partial charge in [-0.3, -0.25) is 9.97 Å².